The molecule has 3 N–H and O–H groups in total. The summed E-state index contributed by atoms with van der Waals surface area (Å²) in [5.41, 5.74) is 11.2. The summed E-state index contributed by atoms with van der Waals surface area (Å²) in [6.07, 6.45) is -1.01. The molecule has 242 valence electrons. The second-order valence-electron chi connectivity index (χ2n) is 11.5. The van der Waals surface area contributed by atoms with Gasteiger partial charge in [-0.15, -0.1) is 0 Å². The van der Waals surface area contributed by atoms with Crippen LogP contribution in [-0.4, -0.2) is 11.0 Å². The van der Waals surface area contributed by atoms with Gasteiger partial charge in [0.25, 0.3) is 0 Å². The first-order valence-electron chi connectivity index (χ1n) is 16.3. The van der Waals surface area contributed by atoms with E-state index in [1.807, 2.05) is 128 Å². The van der Waals surface area contributed by atoms with Crippen molar-refractivity contribution >= 4 is 5.90 Å². The topological polar surface area (TPSA) is 67.8 Å². The van der Waals surface area contributed by atoms with E-state index in [1.54, 1.807) is 6.92 Å². The van der Waals surface area contributed by atoms with Gasteiger partial charge in [0.15, 0.2) is 17.5 Å². The van der Waals surface area contributed by atoms with Gasteiger partial charge in [-0.2, -0.15) is 6.92 Å². The number of hydrogen-bond donors (Lipinski definition) is 2. The number of hydrogen-bond acceptors (Lipinski definition) is 4. The van der Waals surface area contributed by atoms with Crippen LogP contribution in [0.3, 0.4) is 0 Å². The van der Waals surface area contributed by atoms with E-state index in [4.69, 9.17) is 15.5 Å². The Labute approximate surface area is 285 Å². The molecule has 0 aromatic heterocycles. The second kappa shape index (κ2) is 16.0. The van der Waals surface area contributed by atoms with Gasteiger partial charge in [0.05, 0.1) is 5.54 Å². The normalized spacial score (nSPS) is 15.4. The molecule has 6 aromatic carbocycles. The van der Waals surface area contributed by atoms with Crippen LogP contribution < -0.4 is 5.73 Å². The predicted molar refractivity (Wildman–Crippen MR) is 197 cm³/mol. The molecule has 4 nitrogen and oxygen atoms in total. The fourth-order valence-electron chi connectivity index (χ4n) is 6.32. The van der Waals surface area contributed by atoms with Gasteiger partial charge >= 0.3 is 0 Å². The number of benzene rings is 6. The van der Waals surface area contributed by atoms with E-state index in [-0.39, 0.29) is 6.10 Å². The predicted octanol–water partition coefficient (Wildman–Crippen LogP) is 9.58. The zero-order valence-electron chi connectivity index (χ0n) is 27.6. The fourth-order valence-corrected chi connectivity index (χ4v) is 6.32. The lowest BCUT2D eigenvalue weighted by atomic mass is 9.76. The van der Waals surface area contributed by atoms with Crippen LogP contribution in [-0.2, 0) is 15.8 Å². The summed E-state index contributed by atoms with van der Waals surface area (Å²) in [5, 5.41) is 11.0. The van der Waals surface area contributed by atoms with Gasteiger partial charge in [0.1, 0.15) is 6.10 Å². The minimum Gasteiger partial charge on any atom is -0.470 e. The third-order valence-electron chi connectivity index (χ3n) is 8.58. The number of nitrogens with two attached hydrogens (primary N) is 1. The average molecular weight is 632 g/mol. The largest absolute Gasteiger partial charge is 0.470 e. The molecular weight excluding hydrogens is 588 g/mol. The van der Waals surface area contributed by atoms with Crippen LogP contribution in [0.2, 0.25) is 0 Å². The van der Waals surface area contributed by atoms with Crippen molar-refractivity contribution in [1.29, 1.82) is 0 Å². The van der Waals surface area contributed by atoms with Gasteiger partial charge < -0.3 is 22.5 Å². The molecule has 1 aliphatic rings. The molecule has 0 bridgehead atoms. The number of aliphatic imine (C=N–C) groups is 1. The van der Waals surface area contributed by atoms with E-state index in [9.17, 15) is 5.11 Å². The molecule has 48 heavy (non-hydrogen) atoms. The summed E-state index contributed by atoms with van der Waals surface area (Å²) in [7, 11) is 0. The van der Waals surface area contributed by atoms with Crippen LogP contribution in [0.15, 0.2) is 187 Å². The molecule has 1 heterocycles. The van der Waals surface area contributed by atoms with E-state index in [0.29, 0.717) is 0 Å². The van der Waals surface area contributed by atoms with Gasteiger partial charge in [0, 0.05) is 6.92 Å². The van der Waals surface area contributed by atoms with Crippen molar-refractivity contribution in [2.45, 2.75) is 37.1 Å². The Bertz CT molecular complexity index is 1750. The highest BCUT2D eigenvalue weighted by Crippen LogP contribution is 2.50. The Morgan fingerprint density at radius 1 is 0.604 bits per heavy atom. The lowest BCUT2D eigenvalue weighted by Gasteiger charge is -2.36. The van der Waals surface area contributed by atoms with E-state index in [2.05, 4.69) is 67.6 Å². The molecule has 0 radical (unpaired) electrons. The summed E-state index contributed by atoms with van der Waals surface area (Å²) in [4.78, 5) is 5.01. The molecule has 7 rings (SSSR count). The molecule has 0 aliphatic carbocycles. The maximum atomic E-state index is 11.0. The molecule has 2 atom stereocenters. The minimum absolute atomic E-state index is 0.177. The molecule has 0 saturated carbocycles. The molecule has 0 unspecified atom stereocenters. The smallest absolute Gasteiger partial charge is 0.182 e. The average Bonchev–Trinajstić information content (AvgIpc) is 3.55. The number of nitrogens with zero attached hydrogens (tertiary/aromatic N) is 1. The Kier molecular flexibility index (Phi) is 11.4. The van der Waals surface area contributed by atoms with Crippen molar-refractivity contribution in [1.82, 2.24) is 0 Å². The summed E-state index contributed by atoms with van der Waals surface area (Å²) in [5.74, 6) is 0.719. The number of ether oxygens (including phenoxy) is 1. The number of aliphatic hydroxyl groups excluding tert-OH is 1. The maximum absolute atomic E-state index is 11.0. The van der Waals surface area contributed by atoms with Crippen LogP contribution in [0, 0.1) is 6.92 Å². The summed E-state index contributed by atoms with van der Waals surface area (Å²) in [6.45, 7) is 6.93. The van der Waals surface area contributed by atoms with Crippen LogP contribution in [0.5, 0.6) is 0 Å². The van der Waals surface area contributed by atoms with Crippen molar-refractivity contribution in [2.75, 3.05) is 0 Å². The first-order valence-corrected chi connectivity index (χ1v) is 16.3. The highest BCUT2D eigenvalue weighted by molar-refractivity contribution is 5.78. The van der Waals surface area contributed by atoms with E-state index in [1.165, 1.54) is 0 Å². The Morgan fingerprint density at radius 2 is 0.958 bits per heavy atom. The van der Waals surface area contributed by atoms with Crippen LogP contribution in [0.1, 0.15) is 59.4 Å². The SMILES string of the molecule is CC1=NC(c2ccccc2)(c2ccccc2)[C@@H](c2ccccc2)O1.NC(c1ccccc1)(c1ccccc1)[C@H](O)c1ccccc1.[CH2-]C. The van der Waals surface area contributed by atoms with E-state index >= 15 is 0 Å². The van der Waals surface area contributed by atoms with E-state index in [0.717, 1.165) is 39.3 Å². The van der Waals surface area contributed by atoms with Crippen molar-refractivity contribution < 1.29 is 9.84 Å². The molecule has 1 aliphatic heterocycles. The highest BCUT2D eigenvalue weighted by Gasteiger charge is 2.49. The lowest BCUT2D eigenvalue weighted by Crippen LogP contribution is -2.44. The Hall–Kier alpha value is -5.29. The highest BCUT2D eigenvalue weighted by atomic mass is 16.5. The third kappa shape index (κ3) is 7.01. The second-order valence-corrected chi connectivity index (χ2v) is 11.5. The maximum Gasteiger partial charge on any atom is 0.182 e. The minimum atomic E-state index is -0.996. The molecule has 0 fully saturated rings. The summed E-state index contributed by atoms with van der Waals surface area (Å²) in [6, 6.07) is 60.2. The third-order valence-corrected chi connectivity index (χ3v) is 8.58. The zero-order chi connectivity index (χ0) is 33.8. The number of rotatable bonds is 7. The lowest BCUT2D eigenvalue weighted by molar-refractivity contribution is 0.105. The van der Waals surface area contributed by atoms with Crippen molar-refractivity contribution in [2.24, 2.45) is 10.7 Å². The fraction of sp³-hybridized carbons (Fsp3) is 0.136. The quantitative estimate of drug-likeness (QED) is 0.172. The summed E-state index contributed by atoms with van der Waals surface area (Å²) < 4.78 is 6.22. The van der Waals surface area contributed by atoms with Crippen LogP contribution >= 0.6 is 0 Å². The molecule has 0 saturated heterocycles. The van der Waals surface area contributed by atoms with Crippen molar-refractivity contribution in [3.63, 3.8) is 0 Å². The molecule has 0 amide bonds. The van der Waals surface area contributed by atoms with Gasteiger partial charge in [-0.3, -0.25) is 0 Å². The van der Waals surface area contributed by atoms with Gasteiger partial charge in [-0.1, -0.05) is 182 Å². The van der Waals surface area contributed by atoms with Gasteiger partial charge in [-0.25, -0.2) is 4.99 Å². The molecular formula is C44H43N2O2-. The van der Waals surface area contributed by atoms with Crippen LogP contribution in [0.4, 0.5) is 0 Å². The van der Waals surface area contributed by atoms with Gasteiger partial charge in [0.2, 0.25) is 0 Å². The zero-order valence-corrected chi connectivity index (χ0v) is 27.6. The standard InChI is InChI=1S/C22H19NO.C20H19NO.C2H5/c1-17-23-22(19-13-7-3-8-14-19,20-15-9-4-10-16-20)21(24-17)18-11-5-2-6-12-18;21-20(17-12-6-2-7-13-17,18-14-8-3-9-15-18)19(22)16-10-4-1-5-11-16;1-2/h2-16,21H,1H3;1-15,19,22H,21H2;1H2,2H3/q;;-1/t21-;19-;/m11./s1. The Morgan fingerprint density at radius 3 is 1.38 bits per heavy atom. The van der Waals surface area contributed by atoms with Crippen molar-refractivity contribution in [3.05, 3.63) is 222 Å². The Balaban J connectivity index is 0.000000179. The first-order chi connectivity index (χ1) is 23.5. The summed E-state index contributed by atoms with van der Waals surface area (Å²) >= 11 is 0. The van der Waals surface area contributed by atoms with E-state index < -0.39 is 17.2 Å². The molecule has 0 spiro atoms. The number of aliphatic hydroxyl groups is 1. The molecule has 6 aromatic rings. The van der Waals surface area contributed by atoms with Crippen molar-refractivity contribution in [3.8, 4) is 0 Å². The molecule has 4 heteroatoms. The first kappa shape index (κ1) is 34.1. The van der Waals surface area contributed by atoms with Crippen LogP contribution in [0.25, 0.3) is 0 Å². The monoisotopic (exact) mass is 631 g/mol. The van der Waals surface area contributed by atoms with Gasteiger partial charge in [-0.05, 0) is 33.4 Å².